The number of carbonyl (C=O) groups is 1. The van der Waals surface area contributed by atoms with E-state index >= 15 is 0 Å². The summed E-state index contributed by atoms with van der Waals surface area (Å²) < 4.78 is 52.2. The van der Waals surface area contributed by atoms with E-state index < -0.39 is 27.9 Å². The Kier molecular flexibility index (Phi) is 5.51. The zero-order valence-electron chi connectivity index (χ0n) is 16.5. The zero-order valence-corrected chi connectivity index (χ0v) is 17.3. The van der Waals surface area contributed by atoms with Crippen molar-refractivity contribution in [3.63, 3.8) is 0 Å². The van der Waals surface area contributed by atoms with Gasteiger partial charge in [-0.05, 0) is 54.6 Å². The van der Waals surface area contributed by atoms with E-state index in [1.807, 2.05) is 0 Å². The summed E-state index contributed by atoms with van der Waals surface area (Å²) in [6.07, 6.45) is -1.13. The second-order valence-electron chi connectivity index (χ2n) is 6.79. The SMILES string of the molecule is COc1ccc(S(=O)(=O)N2C[C@H](C(=O)Nc3cccc(F)c3)Oc3ccccc32)cc1. The van der Waals surface area contributed by atoms with Crippen molar-refractivity contribution < 1.29 is 27.1 Å². The van der Waals surface area contributed by atoms with Crippen molar-refractivity contribution in [3.8, 4) is 11.5 Å². The number of anilines is 2. The number of rotatable bonds is 5. The van der Waals surface area contributed by atoms with E-state index in [4.69, 9.17) is 9.47 Å². The number of nitrogens with zero attached hydrogens (tertiary/aromatic N) is 1. The number of fused-ring (bicyclic) bond motifs is 1. The standard InChI is InChI=1S/C22H19FN2O5S/c1-29-17-9-11-18(12-10-17)31(27,28)25-14-21(30-20-8-3-2-7-19(20)25)22(26)24-16-6-4-5-15(23)13-16/h2-13,21H,14H2,1H3,(H,24,26)/t21-/m1/s1. The molecule has 3 aromatic rings. The van der Waals surface area contributed by atoms with Crippen LogP contribution in [0.25, 0.3) is 0 Å². The van der Waals surface area contributed by atoms with Gasteiger partial charge in [-0.1, -0.05) is 18.2 Å². The van der Waals surface area contributed by atoms with Gasteiger partial charge in [0.25, 0.3) is 15.9 Å². The van der Waals surface area contributed by atoms with E-state index in [-0.39, 0.29) is 22.9 Å². The van der Waals surface area contributed by atoms with Crippen LogP contribution in [-0.4, -0.2) is 34.1 Å². The molecule has 0 radical (unpaired) electrons. The maximum absolute atomic E-state index is 13.4. The monoisotopic (exact) mass is 442 g/mol. The van der Waals surface area contributed by atoms with Gasteiger partial charge in [-0.2, -0.15) is 0 Å². The Hall–Kier alpha value is -3.59. The van der Waals surface area contributed by atoms with Crippen LogP contribution in [0.4, 0.5) is 15.8 Å². The molecular weight excluding hydrogens is 423 g/mol. The second-order valence-corrected chi connectivity index (χ2v) is 8.65. The summed E-state index contributed by atoms with van der Waals surface area (Å²) in [5, 5.41) is 2.57. The molecule has 0 fully saturated rings. The average Bonchev–Trinajstić information content (AvgIpc) is 2.78. The summed E-state index contributed by atoms with van der Waals surface area (Å²) in [7, 11) is -2.50. The first-order valence-electron chi connectivity index (χ1n) is 9.37. The van der Waals surface area contributed by atoms with Gasteiger partial charge in [0.15, 0.2) is 6.10 Å². The maximum Gasteiger partial charge on any atom is 0.267 e. The largest absolute Gasteiger partial charge is 0.497 e. The van der Waals surface area contributed by atoms with Crippen molar-refractivity contribution in [1.29, 1.82) is 0 Å². The third-order valence-electron chi connectivity index (χ3n) is 4.77. The first-order chi connectivity index (χ1) is 14.9. The molecule has 4 rings (SSSR count). The fourth-order valence-corrected chi connectivity index (χ4v) is 4.71. The van der Waals surface area contributed by atoms with Crippen molar-refractivity contribution in [2.75, 3.05) is 23.3 Å². The minimum Gasteiger partial charge on any atom is -0.497 e. The Bertz CT molecular complexity index is 1210. The first-order valence-corrected chi connectivity index (χ1v) is 10.8. The van der Waals surface area contributed by atoms with Gasteiger partial charge in [-0.3, -0.25) is 9.10 Å². The maximum atomic E-state index is 13.4. The van der Waals surface area contributed by atoms with E-state index in [2.05, 4.69) is 5.32 Å². The Labute approximate surface area is 179 Å². The number of hydrogen-bond acceptors (Lipinski definition) is 5. The van der Waals surface area contributed by atoms with E-state index in [9.17, 15) is 17.6 Å². The van der Waals surface area contributed by atoms with Gasteiger partial charge < -0.3 is 14.8 Å². The lowest BCUT2D eigenvalue weighted by molar-refractivity contribution is -0.122. The highest BCUT2D eigenvalue weighted by molar-refractivity contribution is 7.92. The van der Waals surface area contributed by atoms with Gasteiger partial charge in [-0.15, -0.1) is 0 Å². The fraction of sp³-hybridized carbons (Fsp3) is 0.136. The Balaban J connectivity index is 1.66. The molecule has 0 spiro atoms. The minimum absolute atomic E-state index is 0.0503. The van der Waals surface area contributed by atoms with Gasteiger partial charge in [-0.25, -0.2) is 12.8 Å². The molecule has 1 amide bonds. The van der Waals surface area contributed by atoms with Crippen molar-refractivity contribution >= 4 is 27.3 Å². The third kappa shape index (κ3) is 4.17. The molecule has 1 aliphatic rings. The molecule has 160 valence electrons. The van der Waals surface area contributed by atoms with Crippen LogP contribution < -0.4 is 19.1 Å². The molecule has 3 aromatic carbocycles. The summed E-state index contributed by atoms with van der Waals surface area (Å²) in [5.74, 6) is -0.314. The van der Waals surface area contributed by atoms with Crippen molar-refractivity contribution in [2.24, 2.45) is 0 Å². The van der Waals surface area contributed by atoms with Crippen molar-refractivity contribution in [2.45, 2.75) is 11.0 Å². The topological polar surface area (TPSA) is 84.9 Å². The highest BCUT2D eigenvalue weighted by atomic mass is 32.2. The predicted molar refractivity (Wildman–Crippen MR) is 113 cm³/mol. The minimum atomic E-state index is -3.99. The normalized spacial score (nSPS) is 15.5. The second kappa shape index (κ2) is 8.27. The number of ether oxygens (including phenoxy) is 2. The summed E-state index contributed by atoms with van der Waals surface area (Å²) in [5.41, 5.74) is 0.574. The molecule has 0 saturated carbocycles. The summed E-state index contributed by atoms with van der Waals surface area (Å²) in [4.78, 5) is 12.8. The lowest BCUT2D eigenvalue weighted by atomic mass is 10.2. The quantitative estimate of drug-likeness (QED) is 0.655. The number of amides is 1. The van der Waals surface area contributed by atoms with Crippen LogP contribution in [0.3, 0.4) is 0 Å². The lowest BCUT2D eigenvalue weighted by Crippen LogP contribution is -2.48. The number of methoxy groups -OCH3 is 1. The molecule has 0 aromatic heterocycles. The molecule has 1 aliphatic heterocycles. The third-order valence-corrected chi connectivity index (χ3v) is 6.56. The van der Waals surface area contributed by atoms with Crippen LogP contribution in [0.1, 0.15) is 0 Å². The van der Waals surface area contributed by atoms with Crippen LogP contribution in [0.2, 0.25) is 0 Å². The van der Waals surface area contributed by atoms with Crippen LogP contribution in [-0.2, 0) is 14.8 Å². The van der Waals surface area contributed by atoms with E-state index in [1.165, 1.54) is 43.5 Å². The number of benzene rings is 3. The molecule has 0 unspecified atom stereocenters. The van der Waals surface area contributed by atoms with Crippen LogP contribution in [0.5, 0.6) is 11.5 Å². The van der Waals surface area contributed by atoms with Crippen molar-refractivity contribution in [3.05, 3.63) is 78.6 Å². The smallest absolute Gasteiger partial charge is 0.267 e. The summed E-state index contributed by atoms with van der Waals surface area (Å²) in [6, 6.07) is 18.0. The number of para-hydroxylation sites is 2. The molecule has 0 aliphatic carbocycles. The first kappa shape index (κ1) is 20.7. The molecule has 31 heavy (non-hydrogen) atoms. The molecule has 1 atom stereocenters. The molecule has 9 heteroatoms. The molecule has 0 saturated heterocycles. The molecule has 1 heterocycles. The predicted octanol–water partition coefficient (Wildman–Crippen LogP) is 3.43. The zero-order chi connectivity index (χ0) is 22.0. The fourth-order valence-electron chi connectivity index (χ4n) is 3.23. The van der Waals surface area contributed by atoms with Crippen molar-refractivity contribution in [1.82, 2.24) is 0 Å². The summed E-state index contributed by atoms with van der Waals surface area (Å²) >= 11 is 0. The highest BCUT2D eigenvalue weighted by Crippen LogP contribution is 2.37. The van der Waals surface area contributed by atoms with Crippen LogP contribution in [0, 0.1) is 5.82 Å². The lowest BCUT2D eigenvalue weighted by Gasteiger charge is -2.34. The van der Waals surface area contributed by atoms with Gasteiger partial charge >= 0.3 is 0 Å². The Morgan fingerprint density at radius 3 is 2.55 bits per heavy atom. The summed E-state index contributed by atoms with van der Waals surface area (Å²) in [6.45, 7) is -0.244. The van der Waals surface area contributed by atoms with E-state index in [0.717, 1.165) is 4.31 Å². The average molecular weight is 442 g/mol. The molecule has 1 N–H and O–H groups in total. The molecule has 7 nitrogen and oxygen atoms in total. The highest BCUT2D eigenvalue weighted by Gasteiger charge is 2.37. The van der Waals surface area contributed by atoms with Gasteiger partial charge in [0.2, 0.25) is 0 Å². The number of halogens is 1. The number of hydrogen-bond donors (Lipinski definition) is 1. The van der Waals surface area contributed by atoms with Crippen LogP contribution >= 0.6 is 0 Å². The Morgan fingerprint density at radius 1 is 1.10 bits per heavy atom. The van der Waals surface area contributed by atoms with Gasteiger partial charge in [0.05, 0.1) is 24.2 Å². The number of sulfonamides is 1. The Morgan fingerprint density at radius 2 is 1.84 bits per heavy atom. The van der Waals surface area contributed by atoms with Crippen LogP contribution in [0.15, 0.2) is 77.7 Å². The number of nitrogens with one attached hydrogen (secondary N) is 1. The van der Waals surface area contributed by atoms with E-state index in [1.54, 1.807) is 36.4 Å². The van der Waals surface area contributed by atoms with Gasteiger partial charge in [0, 0.05) is 5.69 Å². The van der Waals surface area contributed by atoms with Gasteiger partial charge in [0.1, 0.15) is 17.3 Å². The molecular formula is C22H19FN2O5S. The number of carbonyl (C=O) groups excluding carboxylic acids is 1. The van der Waals surface area contributed by atoms with E-state index in [0.29, 0.717) is 11.4 Å². The molecule has 0 bridgehead atoms.